The van der Waals surface area contributed by atoms with Gasteiger partial charge in [-0.1, -0.05) is 53.6 Å². The molecule has 0 fully saturated rings. The number of halogens is 1. The Labute approximate surface area is 108 Å². The maximum Gasteiger partial charge on any atom is 0.0476 e. The molecule has 88 valence electrons. The van der Waals surface area contributed by atoms with Crippen molar-refractivity contribution in [3.63, 3.8) is 0 Å². The third kappa shape index (κ3) is 3.10. The second-order valence-electron chi connectivity index (χ2n) is 4.57. The molecule has 2 aromatic rings. The SMILES string of the molecule is Cc1ccc(Cc2cc(C)ccc2CCl)cc1. The molecule has 0 bridgehead atoms. The van der Waals surface area contributed by atoms with Gasteiger partial charge in [0.15, 0.2) is 0 Å². The smallest absolute Gasteiger partial charge is 0.0476 e. The van der Waals surface area contributed by atoms with Gasteiger partial charge in [-0.2, -0.15) is 0 Å². The van der Waals surface area contributed by atoms with Crippen LogP contribution in [0.2, 0.25) is 0 Å². The molecule has 0 aromatic heterocycles. The monoisotopic (exact) mass is 244 g/mol. The zero-order valence-corrected chi connectivity index (χ0v) is 11.1. The second kappa shape index (κ2) is 5.37. The molecule has 0 saturated heterocycles. The minimum atomic E-state index is 0.585. The summed E-state index contributed by atoms with van der Waals surface area (Å²) in [6.07, 6.45) is 0.962. The summed E-state index contributed by atoms with van der Waals surface area (Å²) in [5.74, 6) is 0.585. The first kappa shape index (κ1) is 12.2. The van der Waals surface area contributed by atoms with Crippen LogP contribution in [0.4, 0.5) is 0 Å². The molecule has 2 rings (SSSR count). The molecule has 0 aliphatic carbocycles. The number of rotatable bonds is 3. The third-order valence-electron chi connectivity index (χ3n) is 3.02. The molecule has 0 radical (unpaired) electrons. The van der Waals surface area contributed by atoms with Crippen molar-refractivity contribution in [3.05, 3.63) is 70.3 Å². The van der Waals surface area contributed by atoms with Crippen LogP contribution in [0.1, 0.15) is 27.8 Å². The average Bonchev–Trinajstić information content (AvgIpc) is 2.32. The van der Waals surface area contributed by atoms with Gasteiger partial charge in [0.2, 0.25) is 0 Å². The van der Waals surface area contributed by atoms with E-state index < -0.39 is 0 Å². The Balaban J connectivity index is 2.28. The number of aryl methyl sites for hydroxylation is 2. The van der Waals surface area contributed by atoms with Crippen LogP contribution in [-0.2, 0) is 12.3 Å². The Kier molecular flexibility index (Phi) is 3.86. The summed E-state index contributed by atoms with van der Waals surface area (Å²) < 4.78 is 0. The van der Waals surface area contributed by atoms with E-state index in [1.165, 1.54) is 27.8 Å². The highest BCUT2D eigenvalue weighted by Gasteiger charge is 2.03. The van der Waals surface area contributed by atoms with E-state index in [1.807, 2.05) is 0 Å². The Morgan fingerprint density at radius 2 is 1.47 bits per heavy atom. The summed E-state index contributed by atoms with van der Waals surface area (Å²) in [4.78, 5) is 0. The summed E-state index contributed by atoms with van der Waals surface area (Å²) in [6, 6.07) is 15.2. The van der Waals surface area contributed by atoms with Crippen LogP contribution in [-0.4, -0.2) is 0 Å². The minimum Gasteiger partial charge on any atom is -0.122 e. The summed E-state index contributed by atoms with van der Waals surface area (Å²) >= 11 is 5.98. The van der Waals surface area contributed by atoms with Crippen molar-refractivity contribution in [1.29, 1.82) is 0 Å². The highest BCUT2D eigenvalue weighted by molar-refractivity contribution is 6.17. The van der Waals surface area contributed by atoms with E-state index in [2.05, 4.69) is 56.3 Å². The van der Waals surface area contributed by atoms with Gasteiger partial charge in [0.1, 0.15) is 0 Å². The lowest BCUT2D eigenvalue weighted by molar-refractivity contribution is 1.13. The Morgan fingerprint density at radius 3 is 2.12 bits per heavy atom. The van der Waals surface area contributed by atoms with E-state index in [4.69, 9.17) is 11.6 Å². The molecule has 0 N–H and O–H groups in total. The van der Waals surface area contributed by atoms with Gasteiger partial charge in [-0.3, -0.25) is 0 Å². The lowest BCUT2D eigenvalue weighted by Gasteiger charge is -2.09. The van der Waals surface area contributed by atoms with Crippen molar-refractivity contribution in [2.24, 2.45) is 0 Å². The van der Waals surface area contributed by atoms with Crippen LogP contribution in [0, 0.1) is 13.8 Å². The molecule has 17 heavy (non-hydrogen) atoms. The third-order valence-corrected chi connectivity index (χ3v) is 3.31. The van der Waals surface area contributed by atoms with E-state index in [1.54, 1.807) is 0 Å². The molecule has 0 aliphatic rings. The molecule has 0 atom stereocenters. The highest BCUT2D eigenvalue weighted by Crippen LogP contribution is 2.18. The first-order chi connectivity index (χ1) is 8.19. The van der Waals surface area contributed by atoms with Crippen LogP contribution in [0.3, 0.4) is 0 Å². The molecule has 0 nitrogen and oxygen atoms in total. The van der Waals surface area contributed by atoms with Crippen molar-refractivity contribution >= 4 is 11.6 Å². The molecule has 0 aliphatic heterocycles. The molecule has 0 spiro atoms. The highest BCUT2D eigenvalue weighted by atomic mass is 35.5. The first-order valence-corrected chi connectivity index (χ1v) is 6.42. The Bertz CT molecular complexity index is 497. The van der Waals surface area contributed by atoms with E-state index in [9.17, 15) is 0 Å². The van der Waals surface area contributed by atoms with E-state index in [-0.39, 0.29) is 0 Å². The van der Waals surface area contributed by atoms with Gasteiger partial charge >= 0.3 is 0 Å². The van der Waals surface area contributed by atoms with Gasteiger partial charge in [-0.05, 0) is 37.0 Å². The Morgan fingerprint density at radius 1 is 0.824 bits per heavy atom. The minimum absolute atomic E-state index is 0.585. The number of hydrogen-bond donors (Lipinski definition) is 0. The fourth-order valence-electron chi connectivity index (χ4n) is 1.98. The van der Waals surface area contributed by atoms with Crippen molar-refractivity contribution in [3.8, 4) is 0 Å². The summed E-state index contributed by atoms with van der Waals surface area (Å²) in [5, 5.41) is 0. The van der Waals surface area contributed by atoms with Crippen molar-refractivity contribution in [2.45, 2.75) is 26.1 Å². The zero-order valence-electron chi connectivity index (χ0n) is 10.3. The van der Waals surface area contributed by atoms with Gasteiger partial charge < -0.3 is 0 Å². The number of hydrogen-bond acceptors (Lipinski definition) is 0. The predicted octanol–water partition coefficient (Wildman–Crippen LogP) is 4.63. The fourth-order valence-corrected chi connectivity index (χ4v) is 2.24. The van der Waals surface area contributed by atoms with Crippen molar-refractivity contribution in [1.82, 2.24) is 0 Å². The van der Waals surface area contributed by atoms with Gasteiger partial charge in [0.25, 0.3) is 0 Å². The first-order valence-electron chi connectivity index (χ1n) is 5.89. The van der Waals surface area contributed by atoms with Gasteiger partial charge in [0, 0.05) is 5.88 Å². The lowest BCUT2D eigenvalue weighted by Crippen LogP contribution is -1.94. The average molecular weight is 245 g/mol. The number of alkyl halides is 1. The van der Waals surface area contributed by atoms with Crippen LogP contribution < -0.4 is 0 Å². The number of benzene rings is 2. The molecular weight excluding hydrogens is 228 g/mol. The van der Waals surface area contributed by atoms with Crippen LogP contribution in [0.5, 0.6) is 0 Å². The largest absolute Gasteiger partial charge is 0.122 e. The van der Waals surface area contributed by atoms with Gasteiger partial charge in [-0.15, -0.1) is 11.6 Å². The van der Waals surface area contributed by atoms with Crippen LogP contribution >= 0.6 is 11.6 Å². The van der Waals surface area contributed by atoms with E-state index in [0.717, 1.165) is 6.42 Å². The van der Waals surface area contributed by atoms with Crippen molar-refractivity contribution in [2.75, 3.05) is 0 Å². The topological polar surface area (TPSA) is 0 Å². The quantitative estimate of drug-likeness (QED) is 0.691. The molecule has 0 saturated carbocycles. The van der Waals surface area contributed by atoms with Gasteiger partial charge in [0.05, 0.1) is 0 Å². The van der Waals surface area contributed by atoms with Gasteiger partial charge in [-0.25, -0.2) is 0 Å². The molecule has 0 unspecified atom stereocenters. The molecule has 0 amide bonds. The van der Waals surface area contributed by atoms with Crippen LogP contribution in [0.25, 0.3) is 0 Å². The van der Waals surface area contributed by atoms with E-state index in [0.29, 0.717) is 5.88 Å². The lowest BCUT2D eigenvalue weighted by atomic mass is 9.98. The Hall–Kier alpha value is -1.27. The summed E-state index contributed by atoms with van der Waals surface area (Å²) in [6.45, 7) is 4.23. The zero-order chi connectivity index (χ0) is 12.3. The molecule has 2 aromatic carbocycles. The standard InChI is InChI=1S/C16H17Cl/c1-12-3-6-14(7-4-12)10-16-9-13(2)5-8-15(16)11-17/h3-9H,10-11H2,1-2H3. The molecule has 1 heteroatoms. The second-order valence-corrected chi connectivity index (χ2v) is 4.84. The van der Waals surface area contributed by atoms with Crippen LogP contribution in [0.15, 0.2) is 42.5 Å². The predicted molar refractivity (Wildman–Crippen MR) is 74.7 cm³/mol. The summed E-state index contributed by atoms with van der Waals surface area (Å²) in [7, 11) is 0. The molecular formula is C16H17Cl. The fraction of sp³-hybridized carbons (Fsp3) is 0.250. The molecule has 0 heterocycles. The normalized spacial score (nSPS) is 10.5. The summed E-state index contributed by atoms with van der Waals surface area (Å²) in [5.41, 5.74) is 6.51. The van der Waals surface area contributed by atoms with Crippen molar-refractivity contribution < 1.29 is 0 Å². The maximum atomic E-state index is 5.98. The maximum absolute atomic E-state index is 5.98. The van der Waals surface area contributed by atoms with E-state index >= 15 is 0 Å².